The zero-order valence-electron chi connectivity index (χ0n) is 15.6. The maximum Gasteiger partial charge on any atom is 0.0994 e. The Labute approximate surface area is 152 Å². The van der Waals surface area contributed by atoms with Gasteiger partial charge in [-0.05, 0) is 85.6 Å². The van der Waals surface area contributed by atoms with E-state index in [0.717, 1.165) is 35.8 Å². The largest absolute Gasteiger partial charge is 0.192 e. The lowest BCUT2D eigenvalue weighted by molar-refractivity contribution is 0.319. The van der Waals surface area contributed by atoms with Crippen molar-refractivity contribution < 1.29 is 0 Å². The predicted octanol–water partition coefficient (Wildman–Crippen LogP) is 6.34. The predicted molar refractivity (Wildman–Crippen MR) is 105 cm³/mol. The highest BCUT2D eigenvalue weighted by atomic mass is 14.3. The lowest BCUT2D eigenvalue weighted by Crippen LogP contribution is -2.12. The lowest BCUT2D eigenvalue weighted by Gasteiger charge is -2.28. The van der Waals surface area contributed by atoms with E-state index in [0.29, 0.717) is 0 Å². The Morgan fingerprint density at radius 1 is 0.920 bits per heavy atom. The van der Waals surface area contributed by atoms with Gasteiger partial charge in [-0.15, -0.1) is 0 Å². The summed E-state index contributed by atoms with van der Waals surface area (Å²) in [5.74, 6) is 1.74. The Morgan fingerprint density at radius 2 is 1.56 bits per heavy atom. The molecule has 1 fully saturated rings. The fourth-order valence-corrected chi connectivity index (χ4v) is 4.16. The highest BCUT2D eigenvalue weighted by Gasteiger charge is 2.20. The minimum atomic E-state index is 0.776. The summed E-state index contributed by atoms with van der Waals surface area (Å²) in [6.45, 7) is 4.35. The highest BCUT2D eigenvalue weighted by Crippen LogP contribution is 2.36. The summed E-state index contributed by atoms with van der Waals surface area (Å²) < 4.78 is 0. The van der Waals surface area contributed by atoms with Crippen LogP contribution in [0.25, 0.3) is 0 Å². The molecule has 0 unspecified atom stereocenters. The summed E-state index contributed by atoms with van der Waals surface area (Å²) in [5, 5.41) is 9.03. The van der Waals surface area contributed by atoms with Crippen molar-refractivity contribution in [3.05, 3.63) is 70.3 Å². The Bertz CT molecular complexity index is 728. The van der Waals surface area contributed by atoms with E-state index in [4.69, 9.17) is 5.26 Å². The zero-order chi connectivity index (χ0) is 17.6. The standard InChI is InChI=1S/C24H29N/c1-3-19-6-11-22(12-7-19)23-13-8-20(9-14-23)4-5-21-10-15-24(17-25)18(2)16-21/h8-10,13-16,19,22H,3-7,11-12H2,1-2H3/t19-,22-. The number of nitrogens with zero attached hydrogens (tertiary/aromatic N) is 1. The molecule has 1 aliphatic carbocycles. The van der Waals surface area contributed by atoms with Crippen LogP contribution in [-0.2, 0) is 12.8 Å². The van der Waals surface area contributed by atoms with E-state index in [1.165, 1.54) is 48.8 Å². The van der Waals surface area contributed by atoms with Gasteiger partial charge in [-0.25, -0.2) is 0 Å². The third kappa shape index (κ3) is 4.51. The van der Waals surface area contributed by atoms with Crippen molar-refractivity contribution in [2.75, 3.05) is 0 Å². The molecule has 0 saturated heterocycles. The molecule has 2 aromatic carbocycles. The van der Waals surface area contributed by atoms with Gasteiger partial charge in [0.05, 0.1) is 11.6 Å². The quantitative estimate of drug-likeness (QED) is 0.627. The van der Waals surface area contributed by atoms with E-state index >= 15 is 0 Å². The summed E-state index contributed by atoms with van der Waals surface area (Å²) >= 11 is 0. The van der Waals surface area contributed by atoms with Crippen molar-refractivity contribution in [2.45, 2.75) is 64.7 Å². The van der Waals surface area contributed by atoms with E-state index in [2.05, 4.69) is 49.4 Å². The Balaban J connectivity index is 1.56. The maximum atomic E-state index is 9.03. The summed E-state index contributed by atoms with van der Waals surface area (Å²) in [4.78, 5) is 0. The first-order valence-electron chi connectivity index (χ1n) is 9.78. The zero-order valence-corrected chi connectivity index (χ0v) is 15.6. The smallest absolute Gasteiger partial charge is 0.0994 e. The van der Waals surface area contributed by atoms with Crippen LogP contribution in [0.2, 0.25) is 0 Å². The summed E-state index contributed by atoms with van der Waals surface area (Å²) in [6.07, 6.45) is 8.98. The molecule has 0 radical (unpaired) electrons. The molecular formula is C24H29N. The van der Waals surface area contributed by atoms with Crippen LogP contribution in [0, 0.1) is 24.2 Å². The van der Waals surface area contributed by atoms with Crippen LogP contribution < -0.4 is 0 Å². The minimum Gasteiger partial charge on any atom is -0.192 e. The van der Waals surface area contributed by atoms with E-state index in [9.17, 15) is 0 Å². The molecule has 3 rings (SSSR count). The summed E-state index contributed by atoms with van der Waals surface area (Å²) in [5.41, 5.74) is 6.13. The molecule has 0 heterocycles. The van der Waals surface area contributed by atoms with Gasteiger partial charge in [0.25, 0.3) is 0 Å². The van der Waals surface area contributed by atoms with Crippen LogP contribution >= 0.6 is 0 Å². The van der Waals surface area contributed by atoms with Crippen LogP contribution in [0.4, 0.5) is 0 Å². The van der Waals surface area contributed by atoms with Crippen molar-refractivity contribution >= 4 is 0 Å². The first kappa shape index (κ1) is 17.7. The van der Waals surface area contributed by atoms with Gasteiger partial charge in [0.2, 0.25) is 0 Å². The monoisotopic (exact) mass is 331 g/mol. The molecule has 25 heavy (non-hydrogen) atoms. The van der Waals surface area contributed by atoms with Crippen molar-refractivity contribution in [3.8, 4) is 6.07 Å². The van der Waals surface area contributed by atoms with Gasteiger partial charge in [-0.3, -0.25) is 0 Å². The average molecular weight is 332 g/mol. The van der Waals surface area contributed by atoms with Crippen LogP contribution in [0.15, 0.2) is 42.5 Å². The SMILES string of the molecule is CC[C@H]1CC[C@H](c2ccc(CCc3ccc(C#N)c(C)c3)cc2)CC1. The molecule has 1 aliphatic rings. The summed E-state index contributed by atoms with van der Waals surface area (Å²) in [7, 11) is 0. The van der Waals surface area contributed by atoms with Crippen LogP contribution in [0.3, 0.4) is 0 Å². The molecule has 1 nitrogen and oxygen atoms in total. The average Bonchev–Trinajstić information content (AvgIpc) is 2.67. The molecule has 1 saturated carbocycles. The molecule has 130 valence electrons. The van der Waals surface area contributed by atoms with Crippen LogP contribution in [0.1, 0.15) is 72.8 Å². The molecule has 1 heteroatoms. The number of rotatable bonds is 5. The number of hydrogen-bond acceptors (Lipinski definition) is 1. The molecule has 0 aromatic heterocycles. The number of aryl methyl sites for hydroxylation is 3. The van der Waals surface area contributed by atoms with Crippen molar-refractivity contribution in [3.63, 3.8) is 0 Å². The lowest BCUT2D eigenvalue weighted by atomic mass is 9.78. The molecule has 0 bridgehead atoms. The van der Waals surface area contributed by atoms with Gasteiger partial charge >= 0.3 is 0 Å². The second kappa shape index (κ2) is 8.34. The molecule has 0 aliphatic heterocycles. The van der Waals surface area contributed by atoms with E-state index in [-0.39, 0.29) is 0 Å². The Hall–Kier alpha value is -2.07. The normalized spacial score (nSPS) is 20.2. The first-order chi connectivity index (χ1) is 12.2. The number of nitriles is 1. The van der Waals surface area contributed by atoms with E-state index in [1.807, 2.05) is 13.0 Å². The molecule has 0 N–H and O–H groups in total. The second-order valence-corrected chi connectivity index (χ2v) is 7.63. The molecule has 0 amide bonds. The second-order valence-electron chi connectivity index (χ2n) is 7.63. The third-order valence-corrected chi connectivity index (χ3v) is 5.99. The maximum absolute atomic E-state index is 9.03. The van der Waals surface area contributed by atoms with Gasteiger partial charge < -0.3 is 0 Å². The molecule has 2 aromatic rings. The van der Waals surface area contributed by atoms with Crippen LogP contribution in [0.5, 0.6) is 0 Å². The summed E-state index contributed by atoms with van der Waals surface area (Å²) in [6, 6.07) is 17.8. The van der Waals surface area contributed by atoms with Gasteiger partial charge in [0.1, 0.15) is 0 Å². The van der Waals surface area contributed by atoms with Crippen molar-refractivity contribution in [1.82, 2.24) is 0 Å². The fraction of sp³-hybridized carbons (Fsp3) is 0.458. The highest BCUT2D eigenvalue weighted by molar-refractivity contribution is 5.39. The van der Waals surface area contributed by atoms with Gasteiger partial charge in [0, 0.05) is 0 Å². The van der Waals surface area contributed by atoms with E-state index < -0.39 is 0 Å². The first-order valence-corrected chi connectivity index (χ1v) is 9.78. The van der Waals surface area contributed by atoms with Gasteiger partial charge in [0.15, 0.2) is 0 Å². The molecular weight excluding hydrogens is 302 g/mol. The van der Waals surface area contributed by atoms with Crippen LogP contribution in [-0.4, -0.2) is 0 Å². The fourth-order valence-electron chi connectivity index (χ4n) is 4.16. The number of hydrogen-bond donors (Lipinski definition) is 0. The molecule has 0 atom stereocenters. The van der Waals surface area contributed by atoms with Crippen molar-refractivity contribution in [1.29, 1.82) is 5.26 Å². The minimum absolute atomic E-state index is 0.776. The topological polar surface area (TPSA) is 23.8 Å². The Kier molecular flexibility index (Phi) is 5.92. The Morgan fingerprint density at radius 3 is 2.16 bits per heavy atom. The van der Waals surface area contributed by atoms with Crippen molar-refractivity contribution in [2.24, 2.45) is 5.92 Å². The third-order valence-electron chi connectivity index (χ3n) is 5.99. The van der Waals surface area contributed by atoms with Gasteiger partial charge in [-0.1, -0.05) is 49.7 Å². The van der Waals surface area contributed by atoms with Gasteiger partial charge in [-0.2, -0.15) is 5.26 Å². The molecule has 0 spiro atoms. The number of benzene rings is 2. The van der Waals surface area contributed by atoms with E-state index in [1.54, 1.807) is 0 Å².